The van der Waals surface area contributed by atoms with Gasteiger partial charge in [0.05, 0.1) is 20.9 Å². The van der Waals surface area contributed by atoms with Gasteiger partial charge in [-0.1, -0.05) is 53.5 Å². The van der Waals surface area contributed by atoms with Gasteiger partial charge in [0, 0.05) is 12.5 Å². The Kier molecular flexibility index (Phi) is 4.11. The van der Waals surface area contributed by atoms with E-state index in [0.29, 0.717) is 21.5 Å². The Labute approximate surface area is 142 Å². The number of ketones is 1. The number of esters is 1. The smallest absolute Gasteiger partial charge is 0.308 e. The van der Waals surface area contributed by atoms with Crippen LogP contribution in [0.3, 0.4) is 0 Å². The monoisotopic (exact) mass is 347 g/mol. The first-order chi connectivity index (χ1) is 11.0. The number of ether oxygens (including phenoxy) is 1. The zero-order valence-electron chi connectivity index (χ0n) is 12.0. The maximum atomic E-state index is 12.7. The average Bonchev–Trinajstić information content (AvgIpc) is 2.89. The van der Waals surface area contributed by atoms with Crippen LogP contribution >= 0.6 is 23.2 Å². The molecule has 4 nitrogen and oxygen atoms in total. The molecule has 0 saturated carbocycles. The lowest BCUT2D eigenvalue weighted by molar-refractivity contribution is -0.131. The van der Waals surface area contributed by atoms with Gasteiger partial charge in [0.2, 0.25) is 5.78 Å². The molecule has 0 radical (unpaired) electrons. The summed E-state index contributed by atoms with van der Waals surface area (Å²) in [6, 6.07) is 12.0. The second-order valence-corrected chi connectivity index (χ2v) is 5.69. The summed E-state index contributed by atoms with van der Waals surface area (Å²) < 4.78 is 5.24. The van der Waals surface area contributed by atoms with E-state index in [0.717, 1.165) is 0 Å². The molecule has 1 aromatic heterocycles. The van der Waals surface area contributed by atoms with Crippen molar-refractivity contribution in [3.8, 4) is 5.75 Å². The lowest BCUT2D eigenvalue weighted by Crippen LogP contribution is -2.08. The number of carbonyl (C=O) groups is 2. The standard InChI is InChI=1S/C17H11Cl2NO3/c1-9(21)23-17-13-12(8-7-11(18)14(13)19)20-15(17)16(22)10-5-3-2-4-6-10/h2-8,20H,1H3. The number of aromatic nitrogens is 1. The van der Waals surface area contributed by atoms with E-state index in [-0.39, 0.29) is 22.2 Å². The number of aromatic amines is 1. The van der Waals surface area contributed by atoms with Crippen molar-refractivity contribution < 1.29 is 14.3 Å². The first-order valence-corrected chi connectivity index (χ1v) is 7.52. The minimum Gasteiger partial charge on any atom is -0.424 e. The molecule has 0 aliphatic rings. The lowest BCUT2D eigenvalue weighted by Gasteiger charge is -2.05. The van der Waals surface area contributed by atoms with Gasteiger partial charge in [0.15, 0.2) is 5.75 Å². The van der Waals surface area contributed by atoms with E-state index in [4.69, 9.17) is 27.9 Å². The van der Waals surface area contributed by atoms with Gasteiger partial charge in [-0.15, -0.1) is 0 Å². The fourth-order valence-corrected chi connectivity index (χ4v) is 2.74. The third-order valence-corrected chi connectivity index (χ3v) is 4.12. The summed E-state index contributed by atoms with van der Waals surface area (Å²) in [5, 5.41) is 0.947. The zero-order valence-corrected chi connectivity index (χ0v) is 13.5. The highest BCUT2D eigenvalue weighted by molar-refractivity contribution is 6.45. The topological polar surface area (TPSA) is 59.2 Å². The van der Waals surface area contributed by atoms with E-state index < -0.39 is 5.97 Å². The van der Waals surface area contributed by atoms with Gasteiger partial charge in [-0.3, -0.25) is 9.59 Å². The highest BCUT2D eigenvalue weighted by Crippen LogP contribution is 2.40. The summed E-state index contributed by atoms with van der Waals surface area (Å²) in [4.78, 5) is 27.1. The number of carbonyl (C=O) groups excluding carboxylic acids is 2. The van der Waals surface area contributed by atoms with Gasteiger partial charge in [-0.2, -0.15) is 0 Å². The maximum absolute atomic E-state index is 12.7. The Bertz CT molecular complexity index is 916. The number of rotatable bonds is 3. The first kappa shape index (κ1) is 15.6. The number of H-pyrrole nitrogens is 1. The van der Waals surface area contributed by atoms with E-state index in [2.05, 4.69) is 4.98 Å². The van der Waals surface area contributed by atoms with Crippen molar-refractivity contribution in [2.45, 2.75) is 6.92 Å². The van der Waals surface area contributed by atoms with Crippen molar-refractivity contribution in [1.82, 2.24) is 4.98 Å². The molecule has 2 aromatic carbocycles. The normalized spacial score (nSPS) is 10.7. The molecule has 3 aromatic rings. The molecule has 0 bridgehead atoms. The van der Waals surface area contributed by atoms with Crippen LogP contribution in [0.15, 0.2) is 42.5 Å². The SMILES string of the molecule is CC(=O)Oc1c(C(=O)c2ccccc2)[nH]c2ccc(Cl)c(Cl)c12. The molecule has 1 N–H and O–H groups in total. The number of fused-ring (bicyclic) bond motifs is 1. The maximum Gasteiger partial charge on any atom is 0.308 e. The molecule has 116 valence electrons. The predicted octanol–water partition coefficient (Wildman–Crippen LogP) is 4.63. The Morgan fingerprint density at radius 2 is 1.74 bits per heavy atom. The van der Waals surface area contributed by atoms with Crippen LogP contribution in [0.2, 0.25) is 10.0 Å². The molecule has 0 atom stereocenters. The van der Waals surface area contributed by atoms with Crippen molar-refractivity contribution in [3.63, 3.8) is 0 Å². The third-order valence-electron chi connectivity index (χ3n) is 3.32. The predicted molar refractivity (Wildman–Crippen MR) is 89.5 cm³/mol. The second kappa shape index (κ2) is 6.07. The van der Waals surface area contributed by atoms with E-state index in [1.165, 1.54) is 6.92 Å². The summed E-state index contributed by atoms with van der Waals surface area (Å²) in [6.07, 6.45) is 0. The number of hydrogen-bond acceptors (Lipinski definition) is 3. The average molecular weight is 348 g/mol. The molecule has 6 heteroatoms. The van der Waals surface area contributed by atoms with Crippen LogP contribution in [0.25, 0.3) is 10.9 Å². The summed E-state index contributed by atoms with van der Waals surface area (Å²) in [6.45, 7) is 1.26. The quantitative estimate of drug-likeness (QED) is 0.555. The van der Waals surface area contributed by atoms with E-state index in [1.54, 1.807) is 36.4 Å². The lowest BCUT2D eigenvalue weighted by atomic mass is 10.1. The molecule has 23 heavy (non-hydrogen) atoms. The molecule has 0 amide bonds. The van der Waals surface area contributed by atoms with E-state index >= 15 is 0 Å². The van der Waals surface area contributed by atoms with Crippen LogP contribution in [0.1, 0.15) is 23.0 Å². The molecule has 3 rings (SSSR count). The van der Waals surface area contributed by atoms with Crippen molar-refractivity contribution >= 4 is 45.9 Å². The molecule has 1 heterocycles. The van der Waals surface area contributed by atoms with Gasteiger partial charge >= 0.3 is 5.97 Å². The van der Waals surface area contributed by atoms with Crippen LogP contribution in [0.4, 0.5) is 0 Å². The number of hydrogen-bond donors (Lipinski definition) is 1. The van der Waals surface area contributed by atoms with Crippen LogP contribution in [0, 0.1) is 0 Å². The van der Waals surface area contributed by atoms with Gasteiger partial charge in [-0.25, -0.2) is 0 Å². The molecular formula is C17H11Cl2NO3. The molecule has 0 fully saturated rings. The van der Waals surface area contributed by atoms with Gasteiger partial charge < -0.3 is 9.72 Å². The molecule has 0 aliphatic heterocycles. The molecule has 0 spiro atoms. The van der Waals surface area contributed by atoms with Crippen LogP contribution in [-0.2, 0) is 4.79 Å². The van der Waals surface area contributed by atoms with Crippen molar-refractivity contribution in [2.24, 2.45) is 0 Å². The largest absolute Gasteiger partial charge is 0.424 e. The molecule has 0 saturated heterocycles. The Morgan fingerprint density at radius 1 is 1.04 bits per heavy atom. The minimum absolute atomic E-state index is 0.0915. The van der Waals surface area contributed by atoms with Crippen molar-refractivity contribution in [2.75, 3.05) is 0 Å². The Morgan fingerprint density at radius 3 is 2.39 bits per heavy atom. The summed E-state index contributed by atoms with van der Waals surface area (Å²) in [7, 11) is 0. The summed E-state index contributed by atoms with van der Waals surface area (Å²) >= 11 is 12.3. The Balaban J connectivity index is 2.26. The zero-order chi connectivity index (χ0) is 16.6. The molecular weight excluding hydrogens is 337 g/mol. The van der Waals surface area contributed by atoms with Crippen LogP contribution in [-0.4, -0.2) is 16.7 Å². The number of halogens is 2. The van der Waals surface area contributed by atoms with E-state index in [9.17, 15) is 9.59 Å². The molecule has 0 unspecified atom stereocenters. The van der Waals surface area contributed by atoms with E-state index in [1.807, 2.05) is 6.07 Å². The minimum atomic E-state index is -0.552. The summed E-state index contributed by atoms with van der Waals surface area (Å²) in [5.41, 5.74) is 1.19. The number of benzene rings is 2. The van der Waals surface area contributed by atoms with Gasteiger partial charge in [0.1, 0.15) is 5.69 Å². The second-order valence-electron chi connectivity index (χ2n) is 4.90. The van der Waals surface area contributed by atoms with Crippen LogP contribution in [0.5, 0.6) is 5.75 Å². The Hall–Kier alpha value is -2.30. The van der Waals surface area contributed by atoms with Crippen molar-refractivity contribution in [3.05, 3.63) is 63.8 Å². The van der Waals surface area contributed by atoms with Crippen molar-refractivity contribution in [1.29, 1.82) is 0 Å². The number of nitrogens with one attached hydrogen (secondary N) is 1. The highest BCUT2D eigenvalue weighted by atomic mass is 35.5. The first-order valence-electron chi connectivity index (χ1n) is 6.77. The third kappa shape index (κ3) is 2.83. The fraction of sp³-hybridized carbons (Fsp3) is 0.0588. The summed E-state index contributed by atoms with van der Waals surface area (Å²) in [5.74, 6) is -0.761. The highest BCUT2D eigenvalue weighted by Gasteiger charge is 2.24. The van der Waals surface area contributed by atoms with Crippen LogP contribution < -0.4 is 4.74 Å². The van der Waals surface area contributed by atoms with Gasteiger partial charge in [0.25, 0.3) is 0 Å². The van der Waals surface area contributed by atoms with Gasteiger partial charge in [-0.05, 0) is 12.1 Å². The fourth-order valence-electron chi connectivity index (χ4n) is 2.33. The molecule has 0 aliphatic carbocycles.